The Kier molecular flexibility index (Phi) is 4.64. The summed E-state index contributed by atoms with van der Waals surface area (Å²) in [6.07, 6.45) is 0. The van der Waals surface area contributed by atoms with Crippen molar-refractivity contribution < 1.29 is 9.90 Å². The summed E-state index contributed by atoms with van der Waals surface area (Å²) in [5, 5.41) is 25.0. The van der Waals surface area contributed by atoms with Crippen LogP contribution in [-0.4, -0.2) is 38.2 Å². The first kappa shape index (κ1) is 14.7. The first-order chi connectivity index (χ1) is 10.1. The van der Waals surface area contributed by atoms with Gasteiger partial charge in [-0.2, -0.15) is 5.21 Å². The number of carbonyl (C=O) groups excluding carboxylic acids is 1. The topological polar surface area (TPSA) is 104 Å². The number of nitrogens with one attached hydrogen (secondary N) is 2. The molecule has 0 aliphatic rings. The third kappa shape index (κ3) is 3.87. The summed E-state index contributed by atoms with van der Waals surface area (Å²) < 4.78 is 0. The van der Waals surface area contributed by atoms with Crippen LogP contribution in [0.5, 0.6) is 0 Å². The van der Waals surface area contributed by atoms with E-state index >= 15 is 0 Å². The molecule has 108 valence electrons. The first-order valence-corrected chi connectivity index (χ1v) is 6.36. The summed E-state index contributed by atoms with van der Waals surface area (Å²) >= 11 is 0. The minimum atomic E-state index is -0.358. The van der Waals surface area contributed by atoms with Crippen LogP contribution in [0.4, 0.5) is 0 Å². The van der Waals surface area contributed by atoms with Crippen molar-refractivity contribution >= 4 is 5.91 Å². The fourth-order valence-electron chi connectivity index (χ4n) is 1.83. The van der Waals surface area contributed by atoms with Gasteiger partial charge in [0.1, 0.15) is 6.61 Å². The maximum atomic E-state index is 12.2. The molecule has 0 saturated heterocycles. The molecule has 0 spiro atoms. The molecule has 21 heavy (non-hydrogen) atoms. The van der Waals surface area contributed by atoms with Crippen LogP contribution < -0.4 is 5.32 Å². The highest BCUT2D eigenvalue weighted by Gasteiger charge is 2.15. The predicted octanol–water partition coefficient (Wildman–Crippen LogP) is 0.343. The van der Waals surface area contributed by atoms with E-state index in [0.29, 0.717) is 17.0 Å². The minimum absolute atomic E-state index is 0.218. The summed E-state index contributed by atoms with van der Waals surface area (Å²) in [5.41, 5.74) is 2.09. The predicted molar refractivity (Wildman–Crippen MR) is 75.2 cm³/mol. The van der Waals surface area contributed by atoms with Crippen LogP contribution in [0.1, 0.15) is 40.3 Å². The first-order valence-electron chi connectivity index (χ1n) is 6.36. The van der Waals surface area contributed by atoms with E-state index in [4.69, 9.17) is 5.11 Å². The second kappa shape index (κ2) is 6.63. The Balaban J connectivity index is 2.17. The quantitative estimate of drug-likeness (QED) is 0.706. The van der Waals surface area contributed by atoms with Crippen molar-refractivity contribution in [2.24, 2.45) is 0 Å². The molecule has 0 fully saturated rings. The van der Waals surface area contributed by atoms with E-state index in [1.807, 2.05) is 13.0 Å². The van der Waals surface area contributed by atoms with Crippen molar-refractivity contribution in [1.82, 2.24) is 25.9 Å². The van der Waals surface area contributed by atoms with Crippen LogP contribution >= 0.6 is 0 Å². The number of carbonyl (C=O) groups is 1. The number of aromatic nitrogens is 4. The molecular weight excluding hydrogens is 270 g/mol. The largest absolute Gasteiger partial charge is 0.384 e. The van der Waals surface area contributed by atoms with Gasteiger partial charge < -0.3 is 10.4 Å². The highest BCUT2D eigenvalue weighted by molar-refractivity contribution is 5.95. The lowest BCUT2D eigenvalue weighted by molar-refractivity contribution is 0.0938. The molecule has 0 aliphatic heterocycles. The third-order valence-electron chi connectivity index (χ3n) is 2.75. The minimum Gasteiger partial charge on any atom is -0.384 e. The number of hydrogen-bond acceptors (Lipinski definition) is 5. The van der Waals surface area contributed by atoms with Gasteiger partial charge in [-0.1, -0.05) is 17.1 Å². The van der Waals surface area contributed by atoms with Crippen molar-refractivity contribution in [3.8, 4) is 11.8 Å². The van der Waals surface area contributed by atoms with Crippen molar-refractivity contribution in [3.05, 3.63) is 40.7 Å². The van der Waals surface area contributed by atoms with Gasteiger partial charge in [-0.15, -0.1) is 10.2 Å². The van der Waals surface area contributed by atoms with Crippen molar-refractivity contribution in [2.75, 3.05) is 6.61 Å². The third-order valence-corrected chi connectivity index (χ3v) is 2.75. The maximum Gasteiger partial charge on any atom is 0.251 e. The molecule has 0 saturated carbocycles. The Bertz CT molecular complexity index is 685. The van der Waals surface area contributed by atoms with Gasteiger partial charge in [-0.3, -0.25) is 4.79 Å². The fraction of sp³-hybridized carbons (Fsp3) is 0.286. The molecule has 1 amide bonds. The Morgan fingerprint density at radius 1 is 1.48 bits per heavy atom. The van der Waals surface area contributed by atoms with E-state index in [1.165, 1.54) is 0 Å². The molecule has 7 heteroatoms. The number of rotatable bonds is 3. The van der Waals surface area contributed by atoms with Crippen LogP contribution in [-0.2, 0) is 0 Å². The van der Waals surface area contributed by atoms with Gasteiger partial charge in [0, 0.05) is 11.1 Å². The molecule has 0 bridgehead atoms. The van der Waals surface area contributed by atoms with Gasteiger partial charge in [-0.25, -0.2) is 0 Å². The number of nitrogens with zero attached hydrogens (tertiary/aromatic N) is 3. The Morgan fingerprint density at radius 2 is 2.29 bits per heavy atom. The van der Waals surface area contributed by atoms with E-state index in [0.717, 1.165) is 5.56 Å². The molecule has 2 aromatic rings. The van der Waals surface area contributed by atoms with Gasteiger partial charge in [0.15, 0.2) is 5.82 Å². The Labute approximate surface area is 121 Å². The van der Waals surface area contributed by atoms with Gasteiger partial charge in [0.2, 0.25) is 0 Å². The van der Waals surface area contributed by atoms with E-state index in [2.05, 4.69) is 37.8 Å². The van der Waals surface area contributed by atoms with E-state index in [-0.39, 0.29) is 18.6 Å². The lowest BCUT2D eigenvalue weighted by Gasteiger charge is -2.10. The van der Waals surface area contributed by atoms with Crippen molar-refractivity contribution in [1.29, 1.82) is 0 Å². The molecule has 1 atom stereocenters. The molecule has 1 heterocycles. The molecule has 7 nitrogen and oxygen atoms in total. The summed E-state index contributed by atoms with van der Waals surface area (Å²) in [6, 6.07) is 4.93. The van der Waals surface area contributed by atoms with Crippen molar-refractivity contribution in [2.45, 2.75) is 19.9 Å². The molecule has 3 N–H and O–H groups in total. The SMILES string of the molecule is Cc1cc(C#CCO)cc(C(=O)NC(C)c2nn[nH]n2)c1. The standard InChI is InChI=1S/C14H15N5O2/c1-9-6-11(4-3-5-20)8-12(7-9)14(21)15-10(2)13-16-18-19-17-13/h6-8,10,20H,5H2,1-2H3,(H,15,21)(H,16,17,18,19). The van der Waals surface area contributed by atoms with Crippen LogP contribution in [0.2, 0.25) is 0 Å². The molecule has 2 rings (SSSR count). The number of amides is 1. The average Bonchev–Trinajstić information content (AvgIpc) is 2.98. The van der Waals surface area contributed by atoms with Gasteiger partial charge in [-0.05, 0) is 37.6 Å². The molecule has 1 unspecified atom stereocenters. The summed E-state index contributed by atoms with van der Waals surface area (Å²) in [6.45, 7) is 3.43. The Morgan fingerprint density at radius 3 is 2.95 bits per heavy atom. The highest BCUT2D eigenvalue weighted by Crippen LogP contribution is 2.11. The summed E-state index contributed by atoms with van der Waals surface area (Å²) in [7, 11) is 0. The zero-order valence-corrected chi connectivity index (χ0v) is 11.7. The number of H-pyrrole nitrogens is 1. The lowest BCUT2D eigenvalue weighted by Crippen LogP contribution is -2.27. The molecule has 1 aromatic carbocycles. The van der Waals surface area contributed by atoms with Crippen LogP contribution in [0, 0.1) is 18.8 Å². The van der Waals surface area contributed by atoms with Gasteiger partial charge in [0.25, 0.3) is 5.91 Å². The smallest absolute Gasteiger partial charge is 0.251 e. The molecule has 0 radical (unpaired) electrons. The summed E-state index contributed by atoms with van der Waals surface area (Å²) in [4.78, 5) is 12.2. The van der Waals surface area contributed by atoms with E-state index < -0.39 is 0 Å². The lowest BCUT2D eigenvalue weighted by atomic mass is 10.1. The average molecular weight is 285 g/mol. The normalized spacial score (nSPS) is 11.4. The zero-order valence-electron chi connectivity index (χ0n) is 11.7. The van der Waals surface area contributed by atoms with Gasteiger partial charge >= 0.3 is 0 Å². The number of aliphatic hydroxyl groups excluding tert-OH is 1. The van der Waals surface area contributed by atoms with E-state index in [1.54, 1.807) is 19.1 Å². The Hall–Kier alpha value is -2.72. The zero-order chi connectivity index (χ0) is 15.2. The number of aliphatic hydroxyl groups is 1. The maximum absolute atomic E-state index is 12.2. The van der Waals surface area contributed by atoms with E-state index in [9.17, 15) is 4.79 Å². The van der Waals surface area contributed by atoms with Crippen LogP contribution in [0.3, 0.4) is 0 Å². The second-order valence-electron chi connectivity index (χ2n) is 4.51. The highest BCUT2D eigenvalue weighted by atomic mass is 16.2. The van der Waals surface area contributed by atoms with Crippen LogP contribution in [0.15, 0.2) is 18.2 Å². The second-order valence-corrected chi connectivity index (χ2v) is 4.51. The summed E-state index contributed by atoms with van der Waals surface area (Å²) in [5.74, 6) is 5.52. The number of aromatic amines is 1. The number of aryl methyl sites for hydroxylation is 1. The molecule has 0 aliphatic carbocycles. The molecular formula is C14H15N5O2. The monoisotopic (exact) mass is 285 g/mol. The number of benzene rings is 1. The van der Waals surface area contributed by atoms with Gasteiger partial charge in [0.05, 0.1) is 6.04 Å². The number of hydrogen-bond donors (Lipinski definition) is 3. The van der Waals surface area contributed by atoms with Crippen LogP contribution in [0.25, 0.3) is 0 Å². The number of tetrazole rings is 1. The molecule has 1 aromatic heterocycles. The van der Waals surface area contributed by atoms with Crippen molar-refractivity contribution in [3.63, 3.8) is 0 Å². The fourth-order valence-corrected chi connectivity index (χ4v) is 1.83.